The molecule has 4 nitrogen and oxygen atoms in total. The number of allylic oxidation sites excluding steroid dienone is 2. The molecule has 1 fully saturated rings. The van der Waals surface area contributed by atoms with E-state index in [0.29, 0.717) is 6.42 Å². The molecule has 2 aliphatic rings. The van der Waals surface area contributed by atoms with Gasteiger partial charge in [-0.05, 0) is 44.2 Å². The quantitative estimate of drug-likeness (QED) is 0.750. The van der Waals surface area contributed by atoms with E-state index >= 15 is 0 Å². The number of nitrogens with zero attached hydrogens (tertiary/aromatic N) is 1. The van der Waals surface area contributed by atoms with E-state index in [2.05, 4.69) is 4.90 Å². The van der Waals surface area contributed by atoms with Gasteiger partial charge in [0.25, 0.3) is 0 Å². The fourth-order valence-corrected chi connectivity index (χ4v) is 3.45. The highest BCUT2D eigenvalue weighted by Crippen LogP contribution is 2.28. The summed E-state index contributed by atoms with van der Waals surface area (Å²) in [7, 11) is 0. The smallest absolute Gasteiger partial charge is 0.166 e. The highest BCUT2D eigenvalue weighted by molar-refractivity contribution is 6.08. The molecule has 1 N–H and O–H groups in total. The summed E-state index contributed by atoms with van der Waals surface area (Å²) < 4.78 is 0. The summed E-state index contributed by atoms with van der Waals surface area (Å²) in [5.74, 6) is -0.214. The molecule has 0 aromatic carbocycles. The number of carbonyl (C=O) groups excluding carboxylic acids is 2. The maximum Gasteiger partial charge on any atom is 0.166 e. The van der Waals surface area contributed by atoms with E-state index in [1.807, 2.05) is 13.0 Å². The van der Waals surface area contributed by atoms with Gasteiger partial charge in [0.1, 0.15) is 5.78 Å². The van der Waals surface area contributed by atoms with Gasteiger partial charge in [-0.3, -0.25) is 14.5 Å². The Kier molecular flexibility index (Phi) is 5.49. The van der Waals surface area contributed by atoms with Crippen molar-refractivity contribution in [3.05, 3.63) is 12.2 Å². The predicted octanol–water partition coefficient (Wildman–Crippen LogP) is 1.57. The maximum absolute atomic E-state index is 12.5. The molecule has 1 aliphatic carbocycles. The van der Waals surface area contributed by atoms with Crippen LogP contribution in [0.3, 0.4) is 0 Å². The molecule has 112 valence electrons. The van der Waals surface area contributed by atoms with E-state index in [-0.39, 0.29) is 30.1 Å². The van der Waals surface area contributed by atoms with Gasteiger partial charge >= 0.3 is 0 Å². The molecule has 0 saturated carbocycles. The van der Waals surface area contributed by atoms with Gasteiger partial charge in [-0.15, -0.1) is 0 Å². The lowest BCUT2D eigenvalue weighted by atomic mass is 9.79. The van der Waals surface area contributed by atoms with Crippen LogP contribution in [0.25, 0.3) is 0 Å². The first-order valence-electron chi connectivity index (χ1n) is 7.71. The van der Waals surface area contributed by atoms with Crippen molar-refractivity contribution in [2.24, 2.45) is 11.8 Å². The van der Waals surface area contributed by atoms with Crippen molar-refractivity contribution >= 4 is 11.6 Å². The van der Waals surface area contributed by atoms with Gasteiger partial charge in [-0.25, -0.2) is 0 Å². The average molecular weight is 279 g/mol. The molecule has 4 heteroatoms. The van der Waals surface area contributed by atoms with Crippen LogP contribution >= 0.6 is 0 Å². The van der Waals surface area contributed by atoms with E-state index in [0.717, 1.165) is 38.8 Å². The minimum Gasteiger partial charge on any atom is -0.396 e. The zero-order chi connectivity index (χ0) is 14.5. The summed E-state index contributed by atoms with van der Waals surface area (Å²) in [5, 5.41) is 8.92. The van der Waals surface area contributed by atoms with Crippen LogP contribution in [0.2, 0.25) is 0 Å². The Bertz CT molecular complexity index is 391. The molecular formula is C16H25NO3. The molecule has 20 heavy (non-hydrogen) atoms. The van der Waals surface area contributed by atoms with Crippen LogP contribution in [-0.2, 0) is 9.59 Å². The lowest BCUT2D eigenvalue weighted by Crippen LogP contribution is -2.37. The number of rotatable bonds is 6. The Labute approximate surface area is 120 Å². The van der Waals surface area contributed by atoms with Crippen LogP contribution < -0.4 is 0 Å². The summed E-state index contributed by atoms with van der Waals surface area (Å²) in [6.45, 7) is 4.04. The zero-order valence-electron chi connectivity index (χ0n) is 12.3. The third-order valence-electron chi connectivity index (χ3n) is 4.55. The van der Waals surface area contributed by atoms with E-state index in [1.54, 1.807) is 6.08 Å². The van der Waals surface area contributed by atoms with E-state index < -0.39 is 5.92 Å². The molecule has 1 saturated heterocycles. The molecule has 0 radical (unpaired) electrons. The van der Waals surface area contributed by atoms with Crippen LogP contribution in [0.15, 0.2) is 12.2 Å². The summed E-state index contributed by atoms with van der Waals surface area (Å²) in [5.41, 5.74) is 0. The topological polar surface area (TPSA) is 57.6 Å². The van der Waals surface area contributed by atoms with Crippen molar-refractivity contribution in [3.63, 3.8) is 0 Å². The number of aliphatic hydroxyl groups is 1. The number of ketones is 2. The predicted molar refractivity (Wildman–Crippen MR) is 77.3 cm³/mol. The normalized spacial score (nSPS) is 30.9. The molecule has 0 amide bonds. The first-order valence-corrected chi connectivity index (χ1v) is 7.71. The van der Waals surface area contributed by atoms with E-state index in [1.165, 1.54) is 0 Å². The second-order valence-corrected chi connectivity index (χ2v) is 6.08. The van der Waals surface area contributed by atoms with E-state index in [4.69, 9.17) is 5.11 Å². The molecule has 0 bridgehead atoms. The zero-order valence-corrected chi connectivity index (χ0v) is 12.3. The second-order valence-electron chi connectivity index (χ2n) is 6.08. The van der Waals surface area contributed by atoms with Crippen molar-refractivity contribution in [1.29, 1.82) is 0 Å². The third-order valence-corrected chi connectivity index (χ3v) is 4.55. The highest BCUT2D eigenvalue weighted by atomic mass is 16.3. The van der Waals surface area contributed by atoms with Crippen molar-refractivity contribution in [2.45, 2.75) is 45.1 Å². The van der Waals surface area contributed by atoms with Gasteiger partial charge in [0.2, 0.25) is 0 Å². The molecule has 1 aliphatic heterocycles. The van der Waals surface area contributed by atoms with Crippen molar-refractivity contribution in [2.75, 3.05) is 19.7 Å². The molecule has 3 atom stereocenters. The van der Waals surface area contributed by atoms with Gasteiger partial charge in [-0.2, -0.15) is 0 Å². The number of hydrogen-bond acceptors (Lipinski definition) is 4. The van der Waals surface area contributed by atoms with Crippen LogP contribution in [-0.4, -0.2) is 47.3 Å². The SMILES string of the molecule is CC1CC=CC(=O)C1C(=O)CC1CCCN1CCCO. The van der Waals surface area contributed by atoms with Gasteiger partial charge in [0.15, 0.2) is 5.78 Å². The molecule has 3 unspecified atom stereocenters. The summed E-state index contributed by atoms with van der Waals surface area (Å²) in [6.07, 6.45) is 7.65. The van der Waals surface area contributed by atoms with Crippen LogP contribution in [0.4, 0.5) is 0 Å². The minimum absolute atomic E-state index is 0.0198. The Morgan fingerprint density at radius 1 is 1.50 bits per heavy atom. The average Bonchev–Trinajstić information content (AvgIpc) is 2.83. The number of hydrogen-bond donors (Lipinski definition) is 1. The lowest BCUT2D eigenvalue weighted by Gasteiger charge is -2.27. The summed E-state index contributed by atoms with van der Waals surface area (Å²) in [6, 6.07) is 0.264. The molecule has 2 rings (SSSR count). The minimum atomic E-state index is -0.430. The highest BCUT2D eigenvalue weighted by Gasteiger charge is 2.35. The second kappa shape index (κ2) is 7.14. The Morgan fingerprint density at radius 3 is 3.00 bits per heavy atom. The van der Waals surface area contributed by atoms with Gasteiger partial charge in [0.05, 0.1) is 5.92 Å². The number of aliphatic hydroxyl groups excluding tert-OH is 1. The van der Waals surface area contributed by atoms with Crippen LogP contribution in [0, 0.1) is 11.8 Å². The lowest BCUT2D eigenvalue weighted by molar-refractivity contribution is -0.133. The fraction of sp³-hybridized carbons (Fsp3) is 0.750. The van der Waals surface area contributed by atoms with Gasteiger partial charge in [-0.1, -0.05) is 13.0 Å². The van der Waals surface area contributed by atoms with Gasteiger partial charge in [0, 0.05) is 25.6 Å². The third kappa shape index (κ3) is 3.55. The Morgan fingerprint density at radius 2 is 2.30 bits per heavy atom. The maximum atomic E-state index is 12.5. The van der Waals surface area contributed by atoms with Crippen LogP contribution in [0.5, 0.6) is 0 Å². The van der Waals surface area contributed by atoms with Crippen molar-refractivity contribution < 1.29 is 14.7 Å². The molecular weight excluding hydrogens is 254 g/mol. The van der Waals surface area contributed by atoms with Crippen molar-refractivity contribution in [3.8, 4) is 0 Å². The van der Waals surface area contributed by atoms with Crippen LogP contribution in [0.1, 0.15) is 39.0 Å². The number of Topliss-reactive ketones (excluding diaryl/α,β-unsaturated/α-hetero) is 1. The largest absolute Gasteiger partial charge is 0.396 e. The number of carbonyl (C=O) groups is 2. The Hall–Kier alpha value is -1.00. The summed E-state index contributed by atoms with van der Waals surface area (Å²) >= 11 is 0. The number of likely N-dealkylation sites (tertiary alicyclic amines) is 1. The Balaban J connectivity index is 1.93. The fourth-order valence-electron chi connectivity index (χ4n) is 3.45. The molecule has 1 heterocycles. The first-order chi connectivity index (χ1) is 9.63. The monoisotopic (exact) mass is 279 g/mol. The summed E-state index contributed by atoms with van der Waals surface area (Å²) in [4.78, 5) is 26.7. The molecule has 0 aromatic rings. The van der Waals surface area contributed by atoms with Gasteiger partial charge < -0.3 is 5.11 Å². The van der Waals surface area contributed by atoms with Crippen molar-refractivity contribution in [1.82, 2.24) is 4.90 Å². The first kappa shape index (κ1) is 15.4. The standard InChI is InChI=1S/C16H25NO3/c1-12-5-2-7-14(19)16(12)15(20)11-13-6-3-8-17(13)9-4-10-18/h2,7,12-13,16,18H,3-6,8-11H2,1H3. The van der Waals surface area contributed by atoms with E-state index in [9.17, 15) is 9.59 Å². The molecule has 0 spiro atoms. The molecule has 0 aromatic heterocycles.